The van der Waals surface area contributed by atoms with E-state index in [-0.39, 0.29) is 22.9 Å². The number of carbonyl (C=O) groups is 2. The molecule has 170 valence electrons. The Morgan fingerprint density at radius 3 is 2.62 bits per heavy atom. The number of aromatic nitrogens is 3. The molecule has 9 nitrogen and oxygen atoms in total. The number of nitrogens with one attached hydrogen (secondary N) is 1. The number of rotatable bonds is 3. The highest BCUT2D eigenvalue weighted by atomic mass is 16.2. The molecular formula is C23H30N6O3. The molecule has 1 aliphatic carbocycles. The third-order valence-corrected chi connectivity index (χ3v) is 6.91. The third kappa shape index (κ3) is 3.85. The highest BCUT2D eigenvalue weighted by Gasteiger charge is 2.32. The Bertz CT molecular complexity index is 1120. The van der Waals surface area contributed by atoms with E-state index in [0.717, 1.165) is 49.2 Å². The number of amides is 2. The first-order valence-corrected chi connectivity index (χ1v) is 11.5. The molecule has 3 aliphatic rings. The van der Waals surface area contributed by atoms with Gasteiger partial charge in [-0.2, -0.15) is 5.10 Å². The molecule has 9 heteroatoms. The molecule has 2 aliphatic heterocycles. The lowest BCUT2D eigenvalue weighted by atomic mass is 9.95. The van der Waals surface area contributed by atoms with E-state index in [9.17, 15) is 14.4 Å². The molecule has 0 bridgehead atoms. The van der Waals surface area contributed by atoms with Crippen LogP contribution in [-0.4, -0.2) is 81.1 Å². The second-order valence-electron chi connectivity index (χ2n) is 9.33. The number of aryl methyl sites for hydroxylation is 1. The second kappa shape index (κ2) is 8.20. The monoisotopic (exact) mass is 438 g/mol. The molecule has 2 aromatic heterocycles. The van der Waals surface area contributed by atoms with Crippen LogP contribution < -0.4 is 5.56 Å². The van der Waals surface area contributed by atoms with Crippen LogP contribution in [0.4, 0.5) is 0 Å². The van der Waals surface area contributed by atoms with Gasteiger partial charge in [0.05, 0.1) is 0 Å². The highest BCUT2D eigenvalue weighted by Crippen LogP contribution is 2.39. The fraction of sp³-hybridized carbons (Fsp3) is 0.565. The van der Waals surface area contributed by atoms with Crippen LogP contribution in [0.25, 0.3) is 0 Å². The summed E-state index contributed by atoms with van der Waals surface area (Å²) in [4.78, 5) is 45.2. The van der Waals surface area contributed by atoms with Gasteiger partial charge >= 0.3 is 0 Å². The largest absolute Gasteiger partial charge is 0.337 e. The Morgan fingerprint density at radius 1 is 1.03 bits per heavy atom. The molecule has 0 atom stereocenters. The molecule has 0 radical (unpaired) electrons. The molecular weight excluding hydrogens is 408 g/mol. The van der Waals surface area contributed by atoms with Crippen LogP contribution in [-0.2, 0) is 20.0 Å². The summed E-state index contributed by atoms with van der Waals surface area (Å²) >= 11 is 0. The van der Waals surface area contributed by atoms with Crippen LogP contribution in [0, 0.1) is 0 Å². The number of pyridine rings is 1. The van der Waals surface area contributed by atoms with Gasteiger partial charge in [0.25, 0.3) is 17.4 Å². The molecule has 1 saturated carbocycles. The summed E-state index contributed by atoms with van der Waals surface area (Å²) in [5, 5.41) is 7.22. The SMILES string of the molecule is CN1CCCN(C(=O)c2c3c(cn(C)c2=O)CN(C(=O)c2cc(C4CC4)[nH]n2)CC3)CC1. The molecule has 0 aromatic carbocycles. The Hall–Kier alpha value is -2.94. The Kier molecular flexibility index (Phi) is 5.36. The van der Waals surface area contributed by atoms with E-state index in [1.54, 1.807) is 23.0 Å². The van der Waals surface area contributed by atoms with Crippen molar-refractivity contribution in [1.29, 1.82) is 0 Å². The fourth-order valence-electron chi connectivity index (χ4n) is 4.80. The smallest absolute Gasteiger partial charge is 0.274 e. The first-order chi connectivity index (χ1) is 15.4. The lowest BCUT2D eigenvalue weighted by Crippen LogP contribution is -2.43. The van der Waals surface area contributed by atoms with Crippen molar-refractivity contribution in [3.63, 3.8) is 0 Å². The van der Waals surface area contributed by atoms with Gasteiger partial charge in [-0.05, 0) is 56.5 Å². The van der Waals surface area contributed by atoms with Crippen molar-refractivity contribution in [2.24, 2.45) is 7.05 Å². The summed E-state index contributed by atoms with van der Waals surface area (Å²) in [6, 6.07) is 1.86. The van der Waals surface area contributed by atoms with Crippen molar-refractivity contribution in [3.8, 4) is 0 Å². The number of aromatic amines is 1. The standard InChI is InChI=1S/C23H30N6O3/c1-26-7-3-8-28(11-10-26)23(32)20-17-6-9-29(14-16(17)13-27(2)22(20)31)21(30)19-12-18(24-25-19)15-4-5-15/h12-13,15H,3-11,14H2,1-2H3,(H,24,25). The van der Waals surface area contributed by atoms with E-state index in [2.05, 4.69) is 22.1 Å². The third-order valence-electron chi connectivity index (χ3n) is 6.91. The Labute approximate surface area is 187 Å². The molecule has 2 amide bonds. The molecule has 0 spiro atoms. The molecule has 1 N–H and O–H groups in total. The quantitative estimate of drug-likeness (QED) is 0.770. The normalized spacial score (nSPS) is 19.6. The molecule has 0 unspecified atom stereocenters. The minimum Gasteiger partial charge on any atom is -0.337 e. The summed E-state index contributed by atoms with van der Waals surface area (Å²) in [5.74, 6) is 0.211. The second-order valence-corrected chi connectivity index (χ2v) is 9.33. The molecule has 1 saturated heterocycles. The number of nitrogens with zero attached hydrogens (tertiary/aromatic N) is 5. The number of hydrogen-bond acceptors (Lipinski definition) is 5. The number of fused-ring (bicyclic) bond motifs is 1. The lowest BCUT2D eigenvalue weighted by molar-refractivity contribution is 0.0726. The maximum Gasteiger partial charge on any atom is 0.274 e. The predicted molar refractivity (Wildman–Crippen MR) is 119 cm³/mol. The lowest BCUT2D eigenvalue weighted by Gasteiger charge is -2.30. The van der Waals surface area contributed by atoms with Crippen molar-refractivity contribution < 1.29 is 9.59 Å². The van der Waals surface area contributed by atoms with E-state index in [4.69, 9.17) is 0 Å². The number of H-pyrrole nitrogens is 1. The van der Waals surface area contributed by atoms with Crippen molar-refractivity contribution >= 4 is 11.8 Å². The maximum absolute atomic E-state index is 13.4. The van der Waals surface area contributed by atoms with Gasteiger partial charge in [0.1, 0.15) is 11.3 Å². The molecule has 32 heavy (non-hydrogen) atoms. The van der Waals surface area contributed by atoms with E-state index in [1.165, 1.54) is 4.57 Å². The van der Waals surface area contributed by atoms with E-state index >= 15 is 0 Å². The Balaban J connectivity index is 1.40. The van der Waals surface area contributed by atoms with Crippen LogP contribution in [0.2, 0.25) is 0 Å². The average Bonchev–Trinajstić information content (AvgIpc) is 3.56. The number of likely N-dealkylation sites (N-methyl/N-ethyl adjacent to an activating group) is 1. The van der Waals surface area contributed by atoms with Crippen molar-refractivity contribution in [2.75, 3.05) is 39.8 Å². The summed E-state index contributed by atoms with van der Waals surface area (Å²) in [6.07, 6.45) is 5.44. The van der Waals surface area contributed by atoms with Gasteiger partial charge < -0.3 is 19.3 Å². The van der Waals surface area contributed by atoms with Gasteiger partial charge in [0, 0.05) is 57.6 Å². The van der Waals surface area contributed by atoms with Crippen LogP contribution in [0.15, 0.2) is 17.1 Å². The zero-order chi connectivity index (χ0) is 22.4. The van der Waals surface area contributed by atoms with Gasteiger partial charge in [-0.3, -0.25) is 19.5 Å². The first-order valence-electron chi connectivity index (χ1n) is 11.5. The van der Waals surface area contributed by atoms with Crippen LogP contribution >= 0.6 is 0 Å². The van der Waals surface area contributed by atoms with Gasteiger partial charge in [-0.1, -0.05) is 0 Å². The van der Waals surface area contributed by atoms with Gasteiger partial charge in [-0.25, -0.2) is 0 Å². The highest BCUT2D eigenvalue weighted by molar-refractivity contribution is 5.96. The van der Waals surface area contributed by atoms with E-state index < -0.39 is 0 Å². The van der Waals surface area contributed by atoms with Crippen LogP contribution in [0.3, 0.4) is 0 Å². The molecule has 4 heterocycles. The molecule has 5 rings (SSSR count). The summed E-state index contributed by atoms with van der Waals surface area (Å²) < 4.78 is 1.48. The predicted octanol–water partition coefficient (Wildman–Crippen LogP) is 0.962. The minimum atomic E-state index is -0.257. The first kappa shape index (κ1) is 20.9. The zero-order valence-electron chi connectivity index (χ0n) is 18.8. The number of carbonyl (C=O) groups excluding carboxylic acids is 2. The number of hydrogen-bond donors (Lipinski definition) is 1. The fourth-order valence-corrected chi connectivity index (χ4v) is 4.80. The minimum absolute atomic E-state index is 0.115. The van der Waals surface area contributed by atoms with E-state index in [1.807, 2.05) is 6.07 Å². The maximum atomic E-state index is 13.4. The average molecular weight is 439 g/mol. The molecule has 2 aromatic rings. The zero-order valence-corrected chi connectivity index (χ0v) is 18.8. The van der Waals surface area contributed by atoms with Gasteiger partial charge in [0.15, 0.2) is 0 Å². The van der Waals surface area contributed by atoms with Crippen molar-refractivity contribution in [1.82, 2.24) is 29.5 Å². The van der Waals surface area contributed by atoms with Gasteiger partial charge in [0.2, 0.25) is 0 Å². The van der Waals surface area contributed by atoms with Crippen LogP contribution in [0.1, 0.15) is 62.8 Å². The van der Waals surface area contributed by atoms with Crippen LogP contribution in [0.5, 0.6) is 0 Å². The Morgan fingerprint density at radius 2 is 1.84 bits per heavy atom. The summed E-state index contributed by atoms with van der Waals surface area (Å²) in [7, 11) is 3.72. The van der Waals surface area contributed by atoms with E-state index in [0.29, 0.717) is 44.2 Å². The van der Waals surface area contributed by atoms with Crippen molar-refractivity contribution in [3.05, 3.63) is 50.7 Å². The van der Waals surface area contributed by atoms with Gasteiger partial charge in [-0.15, -0.1) is 0 Å². The summed E-state index contributed by atoms with van der Waals surface area (Å²) in [6.45, 7) is 3.86. The van der Waals surface area contributed by atoms with Crippen molar-refractivity contribution in [2.45, 2.75) is 38.1 Å². The topological polar surface area (TPSA) is 94.5 Å². The summed E-state index contributed by atoms with van der Waals surface area (Å²) in [5.41, 5.74) is 3.14. The molecule has 2 fully saturated rings.